The molecule has 1 N–H and O–H groups in total. The van der Waals surface area contributed by atoms with Gasteiger partial charge < -0.3 is 19.5 Å². The summed E-state index contributed by atoms with van der Waals surface area (Å²) in [6, 6.07) is 3.51. The molecule has 0 bridgehead atoms. The van der Waals surface area contributed by atoms with Gasteiger partial charge in [-0.1, -0.05) is 6.92 Å². The van der Waals surface area contributed by atoms with E-state index >= 15 is 0 Å². The fraction of sp³-hybridized carbons (Fsp3) is 0.647. The van der Waals surface area contributed by atoms with Crippen LogP contribution in [0.4, 0.5) is 5.69 Å². The molecule has 1 heterocycles. The summed E-state index contributed by atoms with van der Waals surface area (Å²) in [6.07, 6.45) is 0.866. The highest BCUT2D eigenvalue weighted by Gasteiger charge is 2.28. The van der Waals surface area contributed by atoms with Gasteiger partial charge in [0.25, 0.3) is 5.91 Å². The maximum atomic E-state index is 12.3. The Kier molecular flexibility index (Phi) is 7.98. The molecule has 0 spiro atoms. The van der Waals surface area contributed by atoms with E-state index in [2.05, 4.69) is 10.3 Å². The molecule has 0 fully saturated rings. The number of pyridine rings is 1. The number of anilines is 1. The molecule has 1 aromatic rings. The molecule has 0 saturated heterocycles. The van der Waals surface area contributed by atoms with Crippen LogP contribution in [0.2, 0.25) is 0 Å². The standard InChI is InChI=1S/C17H28N2O4/c1-6-10-23-17(4,5)16(20)19-14-8-9-15(18-13(14)3)22-12-11-21-7-2/h8-9H,6-7,10-12H2,1-5H3,(H,19,20). The molecule has 0 radical (unpaired) electrons. The van der Waals surface area contributed by atoms with Crippen LogP contribution >= 0.6 is 0 Å². The molecule has 1 aromatic heterocycles. The highest BCUT2D eigenvalue weighted by Crippen LogP contribution is 2.20. The smallest absolute Gasteiger partial charge is 0.256 e. The molecule has 6 nitrogen and oxygen atoms in total. The number of hydrogen-bond acceptors (Lipinski definition) is 5. The van der Waals surface area contributed by atoms with E-state index in [0.717, 1.165) is 6.42 Å². The van der Waals surface area contributed by atoms with Crippen molar-refractivity contribution in [3.05, 3.63) is 17.8 Å². The van der Waals surface area contributed by atoms with Crippen LogP contribution in [0.15, 0.2) is 12.1 Å². The number of aromatic nitrogens is 1. The molecule has 0 atom stereocenters. The molecule has 0 aliphatic heterocycles. The minimum absolute atomic E-state index is 0.194. The van der Waals surface area contributed by atoms with Gasteiger partial charge in [-0.25, -0.2) is 4.98 Å². The number of ether oxygens (including phenoxy) is 3. The van der Waals surface area contributed by atoms with Crippen LogP contribution in [0.5, 0.6) is 5.88 Å². The molecule has 1 amide bonds. The number of hydrogen-bond donors (Lipinski definition) is 1. The van der Waals surface area contributed by atoms with E-state index in [-0.39, 0.29) is 5.91 Å². The summed E-state index contributed by atoms with van der Waals surface area (Å²) in [5.74, 6) is 0.322. The highest BCUT2D eigenvalue weighted by atomic mass is 16.5. The summed E-state index contributed by atoms with van der Waals surface area (Å²) in [7, 11) is 0. The maximum absolute atomic E-state index is 12.3. The maximum Gasteiger partial charge on any atom is 0.256 e. The third kappa shape index (κ3) is 6.54. The minimum Gasteiger partial charge on any atom is -0.475 e. The summed E-state index contributed by atoms with van der Waals surface area (Å²) >= 11 is 0. The zero-order chi connectivity index (χ0) is 17.3. The second-order valence-electron chi connectivity index (χ2n) is 5.64. The normalized spacial score (nSPS) is 11.3. The topological polar surface area (TPSA) is 69.7 Å². The third-order valence-electron chi connectivity index (χ3n) is 3.20. The number of nitrogens with zero attached hydrogens (tertiary/aromatic N) is 1. The Morgan fingerprint density at radius 2 is 1.96 bits per heavy atom. The number of carbonyl (C=O) groups excluding carboxylic acids is 1. The average Bonchev–Trinajstić information content (AvgIpc) is 2.52. The van der Waals surface area contributed by atoms with Crippen LogP contribution in [0.25, 0.3) is 0 Å². The summed E-state index contributed by atoms with van der Waals surface area (Å²) in [5.41, 5.74) is 0.466. The van der Waals surface area contributed by atoms with Crippen molar-refractivity contribution in [2.24, 2.45) is 0 Å². The largest absolute Gasteiger partial charge is 0.475 e. The lowest BCUT2D eigenvalue weighted by Gasteiger charge is -2.24. The number of rotatable bonds is 10. The molecule has 0 aromatic carbocycles. The molecule has 0 aliphatic rings. The lowest BCUT2D eigenvalue weighted by molar-refractivity contribution is -0.137. The van der Waals surface area contributed by atoms with Gasteiger partial charge in [0.1, 0.15) is 12.2 Å². The van der Waals surface area contributed by atoms with Crippen LogP contribution in [0.3, 0.4) is 0 Å². The van der Waals surface area contributed by atoms with Gasteiger partial charge in [-0.15, -0.1) is 0 Å². The first-order chi connectivity index (χ1) is 10.9. The Labute approximate surface area is 138 Å². The molecule has 0 saturated carbocycles. The van der Waals surface area contributed by atoms with Crippen molar-refractivity contribution in [3.63, 3.8) is 0 Å². The van der Waals surface area contributed by atoms with Gasteiger partial charge in [0.15, 0.2) is 0 Å². The van der Waals surface area contributed by atoms with Crippen molar-refractivity contribution < 1.29 is 19.0 Å². The predicted molar refractivity (Wildman–Crippen MR) is 89.9 cm³/mol. The molecular weight excluding hydrogens is 296 g/mol. The van der Waals surface area contributed by atoms with Gasteiger partial charge in [0.05, 0.1) is 18.0 Å². The van der Waals surface area contributed by atoms with Crippen molar-refractivity contribution in [3.8, 4) is 5.88 Å². The Morgan fingerprint density at radius 3 is 2.57 bits per heavy atom. The van der Waals surface area contributed by atoms with Gasteiger partial charge in [-0.05, 0) is 40.2 Å². The second-order valence-corrected chi connectivity index (χ2v) is 5.64. The lowest BCUT2D eigenvalue weighted by atomic mass is 10.1. The first-order valence-electron chi connectivity index (χ1n) is 8.04. The van der Waals surface area contributed by atoms with Crippen LogP contribution in [-0.2, 0) is 14.3 Å². The Morgan fingerprint density at radius 1 is 1.22 bits per heavy atom. The quantitative estimate of drug-likeness (QED) is 0.670. The number of amides is 1. The van der Waals surface area contributed by atoms with E-state index in [4.69, 9.17) is 14.2 Å². The van der Waals surface area contributed by atoms with Crippen LogP contribution < -0.4 is 10.1 Å². The summed E-state index contributed by atoms with van der Waals surface area (Å²) in [4.78, 5) is 16.6. The SMILES string of the molecule is CCCOC(C)(C)C(=O)Nc1ccc(OCCOCC)nc1C. The Bertz CT molecular complexity index is 503. The number of aryl methyl sites for hydroxylation is 1. The van der Waals surface area contributed by atoms with Crippen molar-refractivity contribution in [2.75, 3.05) is 31.7 Å². The molecular formula is C17H28N2O4. The lowest BCUT2D eigenvalue weighted by Crippen LogP contribution is -2.40. The summed E-state index contributed by atoms with van der Waals surface area (Å²) in [6.45, 7) is 11.5. The van der Waals surface area contributed by atoms with E-state index in [9.17, 15) is 4.79 Å². The van der Waals surface area contributed by atoms with Crippen LogP contribution in [0, 0.1) is 6.92 Å². The van der Waals surface area contributed by atoms with E-state index in [1.54, 1.807) is 26.0 Å². The van der Waals surface area contributed by atoms with Crippen molar-refractivity contribution in [1.29, 1.82) is 0 Å². The molecule has 130 valence electrons. The molecule has 23 heavy (non-hydrogen) atoms. The third-order valence-corrected chi connectivity index (χ3v) is 3.20. The van der Waals surface area contributed by atoms with Crippen LogP contribution in [-0.4, -0.2) is 42.9 Å². The minimum atomic E-state index is -0.880. The van der Waals surface area contributed by atoms with Crippen molar-refractivity contribution >= 4 is 11.6 Å². The van der Waals surface area contributed by atoms with Gasteiger partial charge in [0.2, 0.25) is 5.88 Å². The van der Waals surface area contributed by atoms with E-state index < -0.39 is 5.60 Å². The van der Waals surface area contributed by atoms with E-state index in [1.807, 2.05) is 20.8 Å². The summed E-state index contributed by atoms with van der Waals surface area (Å²) in [5, 5.41) is 2.86. The first-order valence-corrected chi connectivity index (χ1v) is 8.04. The Balaban J connectivity index is 2.62. The molecule has 6 heteroatoms. The fourth-order valence-corrected chi connectivity index (χ4v) is 1.80. The highest BCUT2D eigenvalue weighted by molar-refractivity contribution is 5.97. The van der Waals surface area contributed by atoms with Gasteiger partial charge in [-0.2, -0.15) is 0 Å². The van der Waals surface area contributed by atoms with Gasteiger partial charge in [0, 0.05) is 19.3 Å². The monoisotopic (exact) mass is 324 g/mol. The van der Waals surface area contributed by atoms with Crippen LogP contribution in [0.1, 0.15) is 39.8 Å². The number of carbonyl (C=O) groups is 1. The fourth-order valence-electron chi connectivity index (χ4n) is 1.80. The zero-order valence-corrected chi connectivity index (χ0v) is 14.8. The summed E-state index contributed by atoms with van der Waals surface area (Å²) < 4.78 is 16.3. The second kappa shape index (κ2) is 9.47. The number of nitrogens with one attached hydrogen (secondary N) is 1. The Hall–Kier alpha value is -1.66. The molecule has 0 aliphatic carbocycles. The molecule has 0 unspecified atom stereocenters. The predicted octanol–water partition coefficient (Wildman–Crippen LogP) is 2.95. The van der Waals surface area contributed by atoms with Crippen molar-refractivity contribution in [2.45, 2.75) is 46.6 Å². The zero-order valence-electron chi connectivity index (χ0n) is 14.8. The molecule has 1 rings (SSSR count). The van der Waals surface area contributed by atoms with Gasteiger partial charge >= 0.3 is 0 Å². The van der Waals surface area contributed by atoms with Gasteiger partial charge in [-0.3, -0.25) is 4.79 Å². The van der Waals surface area contributed by atoms with Crippen molar-refractivity contribution in [1.82, 2.24) is 4.98 Å². The van der Waals surface area contributed by atoms with E-state index in [1.165, 1.54) is 0 Å². The average molecular weight is 324 g/mol. The van der Waals surface area contributed by atoms with E-state index in [0.29, 0.717) is 43.7 Å². The first kappa shape index (κ1) is 19.4.